The first-order valence-electron chi connectivity index (χ1n) is 2.43. The van der Waals surface area contributed by atoms with Gasteiger partial charge in [-0.3, -0.25) is 0 Å². The Morgan fingerprint density at radius 3 is 2.50 bits per heavy atom. The van der Waals surface area contributed by atoms with Gasteiger partial charge in [0.2, 0.25) is 0 Å². The first kappa shape index (κ1) is 4.25. The van der Waals surface area contributed by atoms with Gasteiger partial charge in [0, 0.05) is 12.8 Å². The van der Waals surface area contributed by atoms with E-state index in [4.69, 9.17) is 0 Å². The minimum absolute atomic E-state index is 1.34. The van der Waals surface area contributed by atoms with Crippen molar-refractivity contribution < 1.29 is 0 Å². The molecule has 0 aromatic carbocycles. The maximum atomic E-state index is 2.31. The van der Waals surface area contributed by atoms with Crippen LogP contribution in [0.5, 0.6) is 0 Å². The molecule has 0 nitrogen and oxygen atoms in total. The van der Waals surface area contributed by atoms with E-state index in [0.29, 0.717) is 0 Å². The Bertz CT molecular complexity index is 49.0. The fourth-order valence-electron chi connectivity index (χ4n) is 0.580. The zero-order chi connectivity index (χ0) is 4.24. The van der Waals surface area contributed by atoms with E-state index in [9.17, 15) is 0 Å². The predicted molar refractivity (Wildman–Crippen MR) is 32.1 cm³/mol. The highest BCUT2D eigenvalue weighted by Crippen LogP contribution is 1.95. The van der Waals surface area contributed by atoms with Crippen LogP contribution >= 0.6 is 0 Å². The van der Waals surface area contributed by atoms with Gasteiger partial charge in [-0.05, 0) is 6.42 Å². The Morgan fingerprint density at radius 1 is 1.33 bits per heavy atom. The molecule has 0 fully saturated rings. The number of rotatable bonds is 0. The van der Waals surface area contributed by atoms with E-state index in [-0.39, 0.29) is 0 Å². The lowest BCUT2D eigenvalue weighted by Gasteiger charge is -1.86. The Labute approximate surface area is 42.5 Å². The minimum Gasteiger partial charge on any atom is -0.0399 e. The molecule has 0 aromatic heterocycles. The van der Waals surface area contributed by atoms with Crippen LogP contribution in [-0.4, -0.2) is 11.1 Å². The molecule has 1 heterocycles. The summed E-state index contributed by atoms with van der Waals surface area (Å²) in [6.45, 7) is 0. The molecule has 0 N–H and O–H groups in total. The van der Waals surface area contributed by atoms with Crippen molar-refractivity contribution in [1.29, 1.82) is 0 Å². The summed E-state index contributed by atoms with van der Waals surface area (Å²) in [5.74, 6) is 1.36. The third-order valence-corrected chi connectivity index (χ3v) is 1.95. The summed E-state index contributed by atoms with van der Waals surface area (Å²) in [6, 6.07) is 0. The Balaban J connectivity index is 2.26. The minimum atomic E-state index is 1.34. The second-order valence-electron chi connectivity index (χ2n) is 1.53. The van der Waals surface area contributed by atoms with E-state index in [1.165, 1.54) is 25.0 Å². The van der Waals surface area contributed by atoms with E-state index in [0.717, 1.165) is 0 Å². The molecule has 0 unspecified atom stereocenters. The molecular weight excluding hydrogens is 92.1 g/mol. The lowest BCUT2D eigenvalue weighted by Crippen LogP contribution is -1.92. The van der Waals surface area contributed by atoms with Gasteiger partial charge in [-0.2, -0.15) is 0 Å². The molecule has 0 radical (unpaired) electrons. The smallest absolute Gasteiger partial charge is 0.0399 e. The van der Waals surface area contributed by atoms with Crippen molar-refractivity contribution in [3.05, 3.63) is 0 Å². The van der Waals surface area contributed by atoms with Crippen molar-refractivity contribution in [1.82, 2.24) is 0 Å². The fraction of sp³-hybridized carbons (Fsp3) is 0.800. The highest BCUT2D eigenvalue weighted by molar-refractivity contribution is 7.77. The molecule has 0 amide bonds. The van der Waals surface area contributed by atoms with Crippen molar-refractivity contribution in [2.75, 3.05) is 5.75 Å². The summed E-state index contributed by atoms with van der Waals surface area (Å²) in [5.41, 5.74) is 0. The molecule has 0 saturated carbocycles. The first-order valence-corrected chi connectivity index (χ1v) is 3.48. The average Bonchev–Trinajstić information content (AvgIpc) is 1.72. The summed E-state index contributed by atoms with van der Waals surface area (Å²) < 4.78 is 0. The molecule has 1 heteroatoms. The van der Waals surface area contributed by atoms with Crippen molar-refractivity contribution in [2.24, 2.45) is 0 Å². The van der Waals surface area contributed by atoms with Gasteiger partial charge in [0.05, 0.1) is 0 Å². The molecule has 6 heavy (non-hydrogen) atoms. The number of hydrogen-bond donors (Lipinski definition) is 0. The van der Waals surface area contributed by atoms with Crippen molar-refractivity contribution in [3.63, 3.8) is 0 Å². The summed E-state index contributed by atoms with van der Waals surface area (Å²) in [7, 11) is 0. The van der Waals surface area contributed by atoms with Gasteiger partial charge >= 0.3 is 0 Å². The van der Waals surface area contributed by atoms with Gasteiger partial charge in [-0.15, -0.1) is 0 Å². The quantitative estimate of drug-likeness (QED) is 0.316. The van der Waals surface area contributed by atoms with Crippen LogP contribution in [0.3, 0.4) is 0 Å². The zero-order valence-corrected chi connectivity index (χ0v) is 4.63. The van der Waals surface area contributed by atoms with Gasteiger partial charge in [0.1, 0.15) is 0 Å². The van der Waals surface area contributed by atoms with Crippen LogP contribution in [0.25, 0.3) is 0 Å². The van der Waals surface area contributed by atoms with E-state index in [1.807, 2.05) is 11.4 Å². The summed E-state index contributed by atoms with van der Waals surface area (Å²) in [6.07, 6.45) is 4.19. The molecule has 0 saturated heterocycles. The highest BCUT2D eigenvalue weighted by atomic mass is 32.1. The molecule has 0 aliphatic carbocycles. The highest BCUT2D eigenvalue weighted by Gasteiger charge is 1.99. The molecule has 1 aliphatic rings. The second kappa shape index (κ2) is 2.30. The molecule has 1 aliphatic heterocycles. The number of hydrogen-bond acceptors (Lipinski definition) is 0. The van der Waals surface area contributed by atoms with Gasteiger partial charge in [-0.1, -0.05) is 0 Å². The topological polar surface area (TPSA) is 0 Å². The Kier molecular flexibility index (Phi) is 1.63. The molecule has 0 spiro atoms. The fourth-order valence-corrected chi connectivity index (χ4v) is 1.45. The third kappa shape index (κ3) is 1.05. The van der Waals surface area contributed by atoms with Gasteiger partial charge < -0.3 is 0 Å². The molecule has 0 bridgehead atoms. The van der Waals surface area contributed by atoms with Gasteiger partial charge in [-0.25, -0.2) is 0 Å². The maximum Gasteiger partial charge on any atom is 0.175 e. The molecule has 1 rings (SSSR count). The van der Waals surface area contributed by atoms with Crippen LogP contribution < -0.4 is 0 Å². The second-order valence-corrected chi connectivity index (χ2v) is 2.61. The first-order chi connectivity index (χ1) is 3.00. The zero-order valence-electron chi connectivity index (χ0n) is 3.81. The average molecular weight is 101 g/mol. The monoisotopic (exact) mass is 101 g/mol. The van der Waals surface area contributed by atoms with Crippen LogP contribution in [0.1, 0.15) is 19.3 Å². The van der Waals surface area contributed by atoms with Crippen LogP contribution in [0.4, 0.5) is 0 Å². The lowest BCUT2D eigenvalue weighted by atomic mass is 10.3. The molecule has 0 aromatic rings. The Morgan fingerprint density at radius 2 is 2.33 bits per heavy atom. The van der Waals surface area contributed by atoms with Crippen LogP contribution in [0, 0.1) is 0 Å². The van der Waals surface area contributed by atoms with Crippen LogP contribution in [0.2, 0.25) is 0 Å². The molecular formula is C5H9S+. The summed E-state index contributed by atoms with van der Waals surface area (Å²) >= 11 is 1.97. The normalized spacial score (nSPS) is 21.3. The van der Waals surface area contributed by atoms with Crippen molar-refractivity contribution >= 4 is 16.7 Å². The van der Waals surface area contributed by atoms with Gasteiger partial charge in [0.25, 0.3) is 0 Å². The predicted octanol–water partition coefficient (Wildman–Crippen LogP) is 1.06. The van der Waals surface area contributed by atoms with E-state index >= 15 is 0 Å². The van der Waals surface area contributed by atoms with E-state index in [1.54, 1.807) is 0 Å². The standard InChI is InChI=1S/C5H9S/c1-2-4-6-5-3-1/h4H,1-3,5H2/q+1. The largest absolute Gasteiger partial charge is 0.175 e. The molecule has 34 valence electrons. The summed E-state index contributed by atoms with van der Waals surface area (Å²) in [4.78, 5) is 0. The van der Waals surface area contributed by atoms with Crippen molar-refractivity contribution in [3.8, 4) is 0 Å². The van der Waals surface area contributed by atoms with Crippen molar-refractivity contribution in [2.45, 2.75) is 19.3 Å². The van der Waals surface area contributed by atoms with Crippen LogP contribution in [0.15, 0.2) is 0 Å². The van der Waals surface area contributed by atoms with Crippen LogP contribution in [-0.2, 0) is 11.4 Å². The van der Waals surface area contributed by atoms with E-state index in [2.05, 4.69) is 5.37 Å². The van der Waals surface area contributed by atoms with E-state index < -0.39 is 0 Å². The Hall–Kier alpha value is 0.0900. The summed E-state index contributed by atoms with van der Waals surface area (Å²) in [5, 5.41) is 2.31. The molecule has 0 atom stereocenters. The third-order valence-electron chi connectivity index (χ3n) is 0.952. The lowest BCUT2D eigenvalue weighted by molar-refractivity contribution is 0.850. The maximum absolute atomic E-state index is 2.31. The van der Waals surface area contributed by atoms with Gasteiger partial charge in [0.15, 0.2) is 22.5 Å². The SMILES string of the molecule is C1=[S+]CCCC1.